The first-order valence-corrected chi connectivity index (χ1v) is 8.34. The van der Waals surface area contributed by atoms with E-state index in [-0.39, 0.29) is 5.91 Å². The van der Waals surface area contributed by atoms with Crippen molar-refractivity contribution in [3.8, 4) is 11.3 Å². The zero-order valence-electron chi connectivity index (χ0n) is 13.3. The van der Waals surface area contributed by atoms with E-state index in [4.69, 9.17) is 4.98 Å². The first-order valence-electron chi connectivity index (χ1n) is 7.36. The molecule has 2 aromatic heterocycles. The molecule has 0 aliphatic heterocycles. The molecule has 1 N–H and O–H groups in total. The second-order valence-corrected chi connectivity index (χ2v) is 6.24. The summed E-state index contributed by atoms with van der Waals surface area (Å²) in [5, 5.41) is 7.95. The average Bonchev–Trinajstić information content (AvgIpc) is 2.92. The molecule has 0 fully saturated rings. The molecule has 1 amide bonds. The molecule has 0 aliphatic rings. The monoisotopic (exact) mass is 326 g/mol. The van der Waals surface area contributed by atoms with Crippen molar-refractivity contribution >= 4 is 23.2 Å². The third-order valence-corrected chi connectivity index (χ3v) is 4.47. The number of aromatic nitrogens is 3. The van der Waals surface area contributed by atoms with Gasteiger partial charge in [-0.25, -0.2) is 9.50 Å². The molecule has 0 bridgehead atoms. The van der Waals surface area contributed by atoms with Gasteiger partial charge < -0.3 is 5.32 Å². The molecular weight excluding hydrogens is 308 g/mol. The fraction of sp³-hybridized carbons (Fsp3) is 0.235. The van der Waals surface area contributed by atoms with Crippen molar-refractivity contribution in [1.82, 2.24) is 19.9 Å². The minimum atomic E-state index is -0.0302. The van der Waals surface area contributed by atoms with E-state index in [1.807, 2.05) is 41.8 Å². The Kier molecular flexibility index (Phi) is 4.34. The fourth-order valence-corrected chi connectivity index (χ4v) is 3.31. The number of amides is 1. The molecule has 0 atom stereocenters. The molecular formula is C17H18N4OS. The number of thioether (sulfide) groups is 1. The number of nitrogens with zero attached hydrogens (tertiary/aromatic N) is 3. The molecule has 0 aliphatic carbocycles. The van der Waals surface area contributed by atoms with Gasteiger partial charge in [0.05, 0.1) is 22.7 Å². The standard InChI is InChI=1S/C17H18N4OS/c1-11-9-12(2)20-21-16(11)15(13-7-5-4-6-8-13)19-17(21)23-10-14(22)18-3/h4-9H,10H2,1-3H3,(H,18,22). The van der Waals surface area contributed by atoms with Crippen LogP contribution in [0.1, 0.15) is 11.3 Å². The zero-order chi connectivity index (χ0) is 16.4. The van der Waals surface area contributed by atoms with Crippen LogP contribution in [0.5, 0.6) is 0 Å². The van der Waals surface area contributed by atoms with Crippen molar-refractivity contribution in [3.05, 3.63) is 47.7 Å². The summed E-state index contributed by atoms with van der Waals surface area (Å²) in [5.41, 5.74) is 4.98. The van der Waals surface area contributed by atoms with Crippen molar-refractivity contribution < 1.29 is 4.79 Å². The second-order valence-electron chi connectivity index (χ2n) is 5.30. The van der Waals surface area contributed by atoms with Crippen LogP contribution in [0.4, 0.5) is 0 Å². The minimum absolute atomic E-state index is 0.0302. The van der Waals surface area contributed by atoms with E-state index in [1.54, 1.807) is 7.05 Å². The molecule has 0 radical (unpaired) electrons. The lowest BCUT2D eigenvalue weighted by molar-refractivity contribution is -0.118. The molecule has 6 heteroatoms. The Morgan fingerprint density at radius 2 is 2.00 bits per heavy atom. The van der Waals surface area contributed by atoms with E-state index < -0.39 is 0 Å². The van der Waals surface area contributed by atoms with Crippen LogP contribution in [0.3, 0.4) is 0 Å². The number of rotatable bonds is 4. The molecule has 0 saturated heterocycles. The van der Waals surface area contributed by atoms with Crippen LogP contribution >= 0.6 is 11.8 Å². The summed E-state index contributed by atoms with van der Waals surface area (Å²) in [7, 11) is 1.63. The number of hydrogen-bond acceptors (Lipinski definition) is 4. The summed E-state index contributed by atoms with van der Waals surface area (Å²) in [5.74, 6) is 0.288. The number of benzene rings is 1. The van der Waals surface area contributed by atoms with Crippen LogP contribution in [0.15, 0.2) is 41.6 Å². The number of nitrogens with one attached hydrogen (secondary N) is 1. The van der Waals surface area contributed by atoms with Gasteiger partial charge >= 0.3 is 0 Å². The second kappa shape index (κ2) is 6.42. The Labute approximate surface area is 139 Å². The molecule has 2 heterocycles. The number of aryl methyl sites for hydroxylation is 2. The highest BCUT2D eigenvalue weighted by Gasteiger charge is 2.17. The van der Waals surface area contributed by atoms with Gasteiger partial charge in [0.15, 0.2) is 5.16 Å². The van der Waals surface area contributed by atoms with E-state index >= 15 is 0 Å². The van der Waals surface area contributed by atoms with Crippen molar-refractivity contribution in [2.75, 3.05) is 12.8 Å². The maximum Gasteiger partial charge on any atom is 0.230 e. The molecule has 1 aromatic carbocycles. The first kappa shape index (κ1) is 15.6. The van der Waals surface area contributed by atoms with Crippen LogP contribution < -0.4 is 5.32 Å². The topological polar surface area (TPSA) is 59.3 Å². The Morgan fingerprint density at radius 1 is 1.26 bits per heavy atom. The van der Waals surface area contributed by atoms with E-state index in [0.717, 1.165) is 33.2 Å². The molecule has 3 aromatic rings. The largest absolute Gasteiger partial charge is 0.358 e. The molecule has 3 rings (SSSR count). The number of fused-ring (bicyclic) bond motifs is 1. The highest BCUT2D eigenvalue weighted by atomic mass is 32.2. The Hall–Kier alpha value is -2.34. The fourth-order valence-electron chi connectivity index (χ4n) is 2.50. The smallest absolute Gasteiger partial charge is 0.230 e. The predicted molar refractivity (Wildman–Crippen MR) is 92.7 cm³/mol. The van der Waals surface area contributed by atoms with Gasteiger partial charge in [0.1, 0.15) is 0 Å². The van der Waals surface area contributed by atoms with Crippen LogP contribution in [0.25, 0.3) is 16.8 Å². The van der Waals surface area contributed by atoms with Gasteiger partial charge in [-0.3, -0.25) is 4.79 Å². The van der Waals surface area contributed by atoms with Crippen molar-refractivity contribution in [2.24, 2.45) is 0 Å². The maximum absolute atomic E-state index is 11.5. The lowest BCUT2D eigenvalue weighted by Gasteiger charge is -2.04. The summed E-state index contributed by atoms with van der Waals surface area (Å²) < 4.78 is 1.85. The van der Waals surface area contributed by atoms with Gasteiger partial charge in [-0.2, -0.15) is 5.10 Å². The Bertz CT molecular complexity index is 858. The van der Waals surface area contributed by atoms with Gasteiger partial charge in [-0.05, 0) is 25.5 Å². The third-order valence-electron chi connectivity index (χ3n) is 3.54. The highest BCUT2D eigenvalue weighted by Crippen LogP contribution is 2.30. The van der Waals surface area contributed by atoms with E-state index in [1.165, 1.54) is 11.8 Å². The van der Waals surface area contributed by atoms with Crippen LogP contribution in [-0.2, 0) is 4.79 Å². The molecule has 0 saturated carbocycles. The van der Waals surface area contributed by atoms with Crippen LogP contribution in [-0.4, -0.2) is 33.3 Å². The van der Waals surface area contributed by atoms with Gasteiger partial charge in [-0.1, -0.05) is 42.1 Å². The quantitative estimate of drug-likeness (QED) is 0.749. The lowest BCUT2D eigenvalue weighted by atomic mass is 10.1. The number of carbonyl (C=O) groups excluding carboxylic acids is 1. The summed E-state index contributed by atoms with van der Waals surface area (Å²) in [6.45, 7) is 4.02. The van der Waals surface area contributed by atoms with E-state index in [0.29, 0.717) is 5.75 Å². The van der Waals surface area contributed by atoms with E-state index in [2.05, 4.69) is 23.4 Å². The Morgan fingerprint density at radius 3 is 2.70 bits per heavy atom. The minimum Gasteiger partial charge on any atom is -0.358 e. The molecule has 5 nitrogen and oxygen atoms in total. The van der Waals surface area contributed by atoms with Crippen LogP contribution in [0, 0.1) is 13.8 Å². The summed E-state index contributed by atoms with van der Waals surface area (Å²) >= 11 is 1.39. The first-order chi connectivity index (χ1) is 11.1. The van der Waals surface area contributed by atoms with Gasteiger partial charge in [-0.15, -0.1) is 0 Å². The predicted octanol–water partition coefficient (Wildman–Crippen LogP) is 2.85. The highest BCUT2D eigenvalue weighted by molar-refractivity contribution is 7.99. The molecule has 118 valence electrons. The van der Waals surface area contributed by atoms with Gasteiger partial charge in [0, 0.05) is 12.6 Å². The zero-order valence-corrected chi connectivity index (χ0v) is 14.1. The third kappa shape index (κ3) is 3.07. The lowest BCUT2D eigenvalue weighted by Crippen LogP contribution is -2.20. The van der Waals surface area contributed by atoms with Gasteiger partial charge in [0.25, 0.3) is 0 Å². The maximum atomic E-state index is 11.5. The van der Waals surface area contributed by atoms with Crippen LogP contribution in [0.2, 0.25) is 0 Å². The number of hydrogen-bond donors (Lipinski definition) is 1. The number of imidazole rings is 1. The number of carbonyl (C=O) groups is 1. The average molecular weight is 326 g/mol. The Balaban J connectivity index is 2.15. The summed E-state index contributed by atoms with van der Waals surface area (Å²) in [6, 6.07) is 12.1. The van der Waals surface area contributed by atoms with Crippen molar-refractivity contribution in [2.45, 2.75) is 19.0 Å². The molecule has 23 heavy (non-hydrogen) atoms. The van der Waals surface area contributed by atoms with Crippen molar-refractivity contribution in [3.63, 3.8) is 0 Å². The molecule has 0 unspecified atom stereocenters. The SMILES string of the molecule is CNC(=O)CSc1nc(-c2ccccc2)c2c(C)cc(C)nn12. The summed E-state index contributed by atoms with van der Waals surface area (Å²) in [6.07, 6.45) is 0. The van der Waals surface area contributed by atoms with Gasteiger partial charge in [0.2, 0.25) is 5.91 Å². The van der Waals surface area contributed by atoms with E-state index in [9.17, 15) is 4.79 Å². The normalized spacial score (nSPS) is 10.9. The van der Waals surface area contributed by atoms with Crippen molar-refractivity contribution in [1.29, 1.82) is 0 Å². The molecule has 0 spiro atoms. The summed E-state index contributed by atoms with van der Waals surface area (Å²) in [4.78, 5) is 16.3.